The van der Waals surface area contributed by atoms with Gasteiger partial charge in [-0.2, -0.15) is 0 Å². The molecule has 0 bridgehead atoms. The highest BCUT2D eigenvalue weighted by molar-refractivity contribution is 5.80. The molecule has 6 heteroatoms. The molecule has 0 spiro atoms. The molecule has 1 rings (SSSR count). The van der Waals surface area contributed by atoms with Gasteiger partial charge in [0.15, 0.2) is 17.8 Å². The molecule has 96 valence electrons. The van der Waals surface area contributed by atoms with Crippen molar-refractivity contribution in [2.24, 2.45) is 5.73 Å². The summed E-state index contributed by atoms with van der Waals surface area (Å²) in [6.07, 6.45) is -0.150. The van der Waals surface area contributed by atoms with Crippen molar-refractivity contribution in [2.75, 3.05) is 20.3 Å². The van der Waals surface area contributed by atoms with Crippen LogP contribution in [0.25, 0.3) is 0 Å². The van der Waals surface area contributed by atoms with E-state index in [0.29, 0.717) is 12.0 Å². The van der Waals surface area contributed by atoms with E-state index in [0.717, 1.165) is 0 Å². The van der Waals surface area contributed by atoms with Crippen molar-refractivity contribution < 1.29 is 24.9 Å². The average molecular weight is 243 g/mol. The minimum absolute atomic E-state index is 0.106. The highest BCUT2D eigenvalue weighted by atomic mass is 16.5. The van der Waals surface area contributed by atoms with E-state index in [9.17, 15) is 9.90 Å². The molecular formula is C11H17NO5. The summed E-state index contributed by atoms with van der Waals surface area (Å²) in [5.41, 5.74) is 5.11. The Morgan fingerprint density at radius 1 is 1.53 bits per heavy atom. The second kappa shape index (κ2) is 8.51. The van der Waals surface area contributed by atoms with Gasteiger partial charge in [-0.15, -0.1) is 0 Å². The number of phenols is 1. The molecule has 0 radical (unpaired) electrons. The van der Waals surface area contributed by atoms with Crippen molar-refractivity contribution in [2.45, 2.75) is 6.10 Å². The Kier molecular flexibility index (Phi) is 7.70. The van der Waals surface area contributed by atoms with Gasteiger partial charge < -0.3 is 25.8 Å². The van der Waals surface area contributed by atoms with Crippen LogP contribution in [0, 0.1) is 0 Å². The number of carbonyl (C=O) groups is 1. The number of rotatable bonds is 4. The Balaban J connectivity index is 0.000000366. The summed E-state index contributed by atoms with van der Waals surface area (Å²) >= 11 is 0. The Morgan fingerprint density at radius 2 is 2.18 bits per heavy atom. The van der Waals surface area contributed by atoms with Gasteiger partial charge in [-0.25, -0.2) is 0 Å². The summed E-state index contributed by atoms with van der Waals surface area (Å²) in [4.78, 5) is 10.3. The summed E-state index contributed by atoms with van der Waals surface area (Å²) in [6, 6.07) is 4.75. The van der Waals surface area contributed by atoms with Gasteiger partial charge in [-0.3, -0.25) is 4.79 Å². The number of aromatic hydroxyl groups is 1. The third-order valence-electron chi connectivity index (χ3n) is 1.86. The molecule has 0 aliphatic heterocycles. The summed E-state index contributed by atoms with van der Waals surface area (Å²) in [6.45, 7) is -0.104. The summed E-state index contributed by atoms with van der Waals surface area (Å²) in [7, 11) is 1.43. The fourth-order valence-electron chi connectivity index (χ4n) is 0.874. The molecule has 1 atom stereocenters. The smallest absolute Gasteiger partial charge is 0.168 e. The molecule has 0 saturated heterocycles. The normalized spacial score (nSPS) is 11.1. The molecule has 1 aromatic carbocycles. The lowest BCUT2D eigenvalue weighted by molar-refractivity contribution is 0.102. The van der Waals surface area contributed by atoms with Gasteiger partial charge in [0, 0.05) is 6.54 Å². The third kappa shape index (κ3) is 5.30. The van der Waals surface area contributed by atoms with Gasteiger partial charge in [0.25, 0.3) is 0 Å². The lowest BCUT2D eigenvalue weighted by Crippen LogP contribution is -2.22. The van der Waals surface area contributed by atoms with Crippen LogP contribution >= 0.6 is 0 Å². The second-order valence-electron chi connectivity index (χ2n) is 3.09. The standard InChI is InChI=1S/C8H8O3.C3H9NO2/c1-11-7-4-2-3-6(5-9)8(7)10;4-1-3(6)2-5/h2-5,10H,1H3;3,5-6H,1-2,4H2. The minimum atomic E-state index is -0.731. The number of aldehydes is 1. The van der Waals surface area contributed by atoms with Gasteiger partial charge in [0.1, 0.15) is 0 Å². The Labute approximate surface area is 99.3 Å². The number of benzene rings is 1. The second-order valence-corrected chi connectivity index (χ2v) is 3.09. The minimum Gasteiger partial charge on any atom is -0.504 e. The number of aliphatic hydroxyl groups is 2. The fraction of sp³-hybridized carbons (Fsp3) is 0.364. The number of carbonyl (C=O) groups excluding carboxylic acids is 1. The SMILES string of the molecule is COc1cccc(C=O)c1O.NCC(O)CO. The highest BCUT2D eigenvalue weighted by Gasteiger charge is 2.04. The first-order chi connectivity index (χ1) is 8.10. The first kappa shape index (κ1) is 15.4. The molecule has 0 aromatic heterocycles. The maximum Gasteiger partial charge on any atom is 0.168 e. The van der Waals surface area contributed by atoms with E-state index in [-0.39, 0.29) is 24.5 Å². The van der Waals surface area contributed by atoms with Crippen LogP contribution in [0.4, 0.5) is 0 Å². The van der Waals surface area contributed by atoms with Crippen LogP contribution in [0.1, 0.15) is 10.4 Å². The predicted octanol–water partition coefficient (Wildman–Crippen LogP) is -0.488. The molecule has 0 amide bonds. The molecule has 0 aliphatic carbocycles. The maximum atomic E-state index is 10.3. The predicted molar refractivity (Wildman–Crippen MR) is 62.2 cm³/mol. The molecule has 1 unspecified atom stereocenters. The van der Waals surface area contributed by atoms with E-state index in [4.69, 9.17) is 20.7 Å². The maximum absolute atomic E-state index is 10.3. The Bertz CT molecular complexity index is 339. The molecule has 0 saturated carbocycles. The Hall–Kier alpha value is -1.63. The number of aliphatic hydroxyl groups excluding tert-OH is 2. The molecule has 0 fully saturated rings. The molecule has 17 heavy (non-hydrogen) atoms. The van der Waals surface area contributed by atoms with Gasteiger partial charge >= 0.3 is 0 Å². The van der Waals surface area contributed by atoms with Crippen molar-refractivity contribution in [1.29, 1.82) is 0 Å². The van der Waals surface area contributed by atoms with Gasteiger partial charge in [-0.1, -0.05) is 6.07 Å². The van der Waals surface area contributed by atoms with Crippen LogP contribution in [0.2, 0.25) is 0 Å². The molecule has 0 heterocycles. The van der Waals surface area contributed by atoms with Gasteiger partial charge in [0.2, 0.25) is 0 Å². The van der Waals surface area contributed by atoms with Crippen LogP contribution in [0.5, 0.6) is 11.5 Å². The number of methoxy groups -OCH3 is 1. The number of nitrogens with two attached hydrogens (primary N) is 1. The fourth-order valence-corrected chi connectivity index (χ4v) is 0.874. The van der Waals surface area contributed by atoms with Crippen molar-refractivity contribution >= 4 is 6.29 Å². The van der Waals surface area contributed by atoms with Crippen LogP contribution in [0.3, 0.4) is 0 Å². The van der Waals surface area contributed by atoms with Crippen LogP contribution in [-0.2, 0) is 0 Å². The summed E-state index contributed by atoms with van der Waals surface area (Å²) in [5, 5.41) is 25.5. The largest absolute Gasteiger partial charge is 0.504 e. The van der Waals surface area contributed by atoms with E-state index in [1.54, 1.807) is 12.1 Å². The average Bonchev–Trinajstić information content (AvgIpc) is 2.38. The zero-order valence-corrected chi connectivity index (χ0v) is 9.54. The number of hydrogen-bond donors (Lipinski definition) is 4. The van der Waals surface area contributed by atoms with E-state index in [1.165, 1.54) is 13.2 Å². The zero-order chi connectivity index (χ0) is 13.3. The number of para-hydroxylation sites is 1. The molecule has 6 nitrogen and oxygen atoms in total. The molecule has 0 aliphatic rings. The summed E-state index contributed by atoms with van der Waals surface area (Å²) < 4.78 is 4.78. The monoisotopic (exact) mass is 243 g/mol. The topological polar surface area (TPSA) is 113 Å². The van der Waals surface area contributed by atoms with E-state index >= 15 is 0 Å². The van der Waals surface area contributed by atoms with E-state index < -0.39 is 6.10 Å². The number of phenolic OH excluding ortho intramolecular Hbond substituents is 1. The van der Waals surface area contributed by atoms with Crippen molar-refractivity contribution in [1.82, 2.24) is 0 Å². The van der Waals surface area contributed by atoms with Crippen LogP contribution in [0.15, 0.2) is 18.2 Å². The zero-order valence-electron chi connectivity index (χ0n) is 9.54. The Morgan fingerprint density at radius 3 is 2.53 bits per heavy atom. The molecule has 5 N–H and O–H groups in total. The van der Waals surface area contributed by atoms with E-state index in [2.05, 4.69) is 0 Å². The van der Waals surface area contributed by atoms with Crippen LogP contribution in [-0.4, -0.2) is 48.0 Å². The number of ether oxygens (including phenoxy) is 1. The van der Waals surface area contributed by atoms with Crippen molar-refractivity contribution in [3.63, 3.8) is 0 Å². The lowest BCUT2D eigenvalue weighted by Gasteiger charge is -2.02. The molecular weight excluding hydrogens is 226 g/mol. The molecule has 1 aromatic rings. The first-order valence-corrected chi connectivity index (χ1v) is 4.90. The van der Waals surface area contributed by atoms with Gasteiger partial charge in [0.05, 0.1) is 25.4 Å². The quantitative estimate of drug-likeness (QED) is 0.531. The van der Waals surface area contributed by atoms with Gasteiger partial charge in [-0.05, 0) is 12.1 Å². The number of hydrogen-bond acceptors (Lipinski definition) is 6. The van der Waals surface area contributed by atoms with E-state index in [1.807, 2.05) is 0 Å². The van der Waals surface area contributed by atoms with Crippen molar-refractivity contribution in [3.05, 3.63) is 23.8 Å². The van der Waals surface area contributed by atoms with Crippen molar-refractivity contribution in [3.8, 4) is 11.5 Å². The summed E-state index contributed by atoms with van der Waals surface area (Å²) in [5.74, 6) is 0.208. The van der Waals surface area contributed by atoms with Crippen LogP contribution < -0.4 is 10.5 Å². The third-order valence-corrected chi connectivity index (χ3v) is 1.86. The highest BCUT2D eigenvalue weighted by Crippen LogP contribution is 2.27. The first-order valence-electron chi connectivity index (χ1n) is 4.90. The lowest BCUT2D eigenvalue weighted by atomic mass is 10.2.